The molecule has 5 heteroatoms. The molecular weight excluding hydrogens is 364 g/mol. The first-order chi connectivity index (χ1) is 14.0. The molecule has 2 aromatic rings. The number of benzene rings is 2. The molecule has 1 fully saturated rings. The van der Waals surface area contributed by atoms with Gasteiger partial charge >= 0.3 is 0 Å². The van der Waals surface area contributed by atoms with Crippen LogP contribution in [-0.4, -0.2) is 43.2 Å². The van der Waals surface area contributed by atoms with Crippen LogP contribution in [0.4, 0.5) is 0 Å². The second-order valence-electron chi connectivity index (χ2n) is 7.81. The number of hydrogen-bond acceptors (Lipinski definition) is 4. The van der Waals surface area contributed by atoms with Gasteiger partial charge in [0.1, 0.15) is 5.75 Å². The van der Waals surface area contributed by atoms with Crippen LogP contribution in [0.5, 0.6) is 5.75 Å². The lowest BCUT2D eigenvalue weighted by Crippen LogP contribution is -2.40. The molecule has 156 valence electrons. The van der Waals surface area contributed by atoms with Crippen molar-refractivity contribution in [3.05, 3.63) is 64.7 Å². The summed E-state index contributed by atoms with van der Waals surface area (Å²) in [6, 6.07) is 14.4. The highest BCUT2D eigenvalue weighted by Crippen LogP contribution is 2.20. The lowest BCUT2D eigenvalue weighted by Gasteiger charge is -2.31. The zero-order valence-corrected chi connectivity index (χ0v) is 17.7. The summed E-state index contributed by atoms with van der Waals surface area (Å²) in [5.41, 5.74) is 4.70. The van der Waals surface area contributed by atoms with Crippen LogP contribution in [0.15, 0.2) is 42.5 Å². The zero-order valence-electron chi connectivity index (χ0n) is 17.7. The quantitative estimate of drug-likeness (QED) is 0.741. The molecule has 1 heterocycles. The average molecular weight is 397 g/mol. The van der Waals surface area contributed by atoms with Crippen molar-refractivity contribution in [1.29, 1.82) is 0 Å². The number of ether oxygens (including phenoxy) is 2. The molecule has 0 aromatic heterocycles. The predicted octanol–water partition coefficient (Wildman–Crippen LogP) is 3.61. The summed E-state index contributed by atoms with van der Waals surface area (Å²) in [6.45, 7) is 10.8. The number of morpholine rings is 1. The van der Waals surface area contributed by atoms with Gasteiger partial charge in [0.15, 0.2) is 0 Å². The molecule has 0 saturated carbocycles. The number of rotatable bonds is 8. The van der Waals surface area contributed by atoms with Crippen LogP contribution in [0.3, 0.4) is 0 Å². The third kappa shape index (κ3) is 6.58. The largest absolute Gasteiger partial charge is 0.493 e. The molecule has 0 spiro atoms. The van der Waals surface area contributed by atoms with Crippen LogP contribution in [0, 0.1) is 13.8 Å². The molecule has 1 atom stereocenters. The fourth-order valence-electron chi connectivity index (χ4n) is 3.55. The molecule has 1 unspecified atom stereocenters. The Labute approximate surface area is 174 Å². The molecule has 1 saturated heterocycles. The molecule has 5 nitrogen and oxygen atoms in total. The molecule has 2 aromatic carbocycles. The van der Waals surface area contributed by atoms with Gasteiger partial charge in [-0.05, 0) is 49.1 Å². The van der Waals surface area contributed by atoms with Crippen molar-refractivity contribution < 1.29 is 14.3 Å². The molecule has 29 heavy (non-hydrogen) atoms. The highest BCUT2D eigenvalue weighted by molar-refractivity contribution is 5.76. The minimum absolute atomic E-state index is 0.00251. The first kappa shape index (κ1) is 21.3. The van der Waals surface area contributed by atoms with Gasteiger partial charge in [-0.25, -0.2) is 0 Å². The molecule has 3 rings (SSSR count). The highest BCUT2D eigenvalue weighted by atomic mass is 16.5. The molecule has 0 radical (unpaired) electrons. The van der Waals surface area contributed by atoms with Crippen LogP contribution in [-0.2, 0) is 22.6 Å². The van der Waals surface area contributed by atoms with Gasteiger partial charge in [0.2, 0.25) is 5.91 Å². The maximum Gasteiger partial charge on any atom is 0.223 e. The zero-order chi connectivity index (χ0) is 20.6. The van der Waals surface area contributed by atoms with E-state index in [2.05, 4.69) is 54.4 Å². The minimum Gasteiger partial charge on any atom is -0.493 e. The summed E-state index contributed by atoms with van der Waals surface area (Å²) in [7, 11) is 0. The third-order valence-electron chi connectivity index (χ3n) is 5.35. The van der Waals surface area contributed by atoms with Gasteiger partial charge in [0.25, 0.3) is 0 Å². The molecular formula is C24H32N2O3. The van der Waals surface area contributed by atoms with Crippen molar-refractivity contribution in [1.82, 2.24) is 10.2 Å². The predicted molar refractivity (Wildman–Crippen MR) is 115 cm³/mol. The van der Waals surface area contributed by atoms with Crippen LogP contribution < -0.4 is 10.1 Å². The number of amides is 1. The van der Waals surface area contributed by atoms with Crippen molar-refractivity contribution in [2.75, 3.05) is 26.3 Å². The van der Waals surface area contributed by atoms with Crippen molar-refractivity contribution in [2.45, 2.75) is 46.4 Å². The molecule has 0 bridgehead atoms. The van der Waals surface area contributed by atoms with Gasteiger partial charge in [-0.2, -0.15) is 0 Å². The van der Waals surface area contributed by atoms with Gasteiger partial charge in [-0.3, -0.25) is 9.69 Å². The van der Waals surface area contributed by atoms with Crippen molar-refractivity contribution >= 4 is 5.91 Å². The second kappa shape index (κ2) is 10.4. The monoisotopic (exact) mass is 396 g/mol. The summed E-state index contributed by atoms with van der Waals surface area (Å²) in [5, 5.41) is 3.00. The SMILES string of the molecule is Cc1cccc(OCCC(=O)NCc2cccc(CN3CCOC(C)C3)c2)c1C. The number of nitrogens with one attached hydrogen (secondary N) is 1. The Bertz CT molecular complexity index is 822. The Kier molecular flexibility index (Phi) is 7.67. The summed E-state index contributed by atoms with van der Waals surface area (Å²) in [5.74, 6) is 0.852. The van der Waals surface area contributed by atoms with Crippen LogP contribution >= 0.6 is 0 Å². The van der Waals surface area contributed by atoms with Crippen molar-refractivity contribution in [3.8, 4) is 5.75 Å². The van der Waals surface area contributed by atoms with E-state index in [9.17, 15) is 4.79 Å². The Balaban J connectivity index is 1.42. The molecule has 0 aliphatic carbocycles. The molecule has 1 amide bonds. The van der Waals surface area contributed by atoms with E-state index in [1.165, 1.54) is 11.1 Å². The summed E-state index contributed by atoms with van der Waals surface area (Å²) in [4.78, 5) is 14.6. The number of nitrogens with zero attached hydrogens (tertiary/aromatic N) is 1. The first-order valence-corrected chi connectivity index (χ1v) is 10.4. The Hall–Kier alpha value is -2.37. The van der Waals surface area contributed by atoms with Crippen molar-refractivity contribution in [3.63, 3.8) is 0 Å². The van der Waals surface area contributed by atoms with Gasteiger partial charge in [-0.15, -0.1) is 0 Å². The number of aryl methyl sites for hydroxylation is 1. The maximum absolute atomic E-state index is 12.2. The second-order valence-corrected chi connectivity index (χ2v) is 7.81. The number of carbonyl (C=O) groups is 1. The third-order valence-corrected chi connectivity index (χ3v) is 5.35. The Morgan fingerprint density at radius 3 is 2.83 bits per heavy atom. The van der Waals surface area contributed by atoms with E-state index in [0.717, 1.165) is 43.1 Å². The first-order valence-electron chi connectivity index (χ1n) is 10.4. The van der Waals surface area contributed by atoms with E-state index in [-0.39, 0.29) is 12.0 Å². The standard InChI is InChI=1S/C24H32N2O3/c1-18-6-4-9-23(20(18)3)29-12-10-24(27)25-15-21-7-5-8-22(14-21)17-26-11-13-28-19(2)16-26/h4-9,14,19H,10-13,15-17H2,1-3H3,(H,25,27). The number of hydrogen-bond donors (Lipinski definition) is 1. The van der Waals surface area contributed by atoms with Gasteiger partial charge in [0.05, 0.1) is 25.7 Å². The lowest BCUT2D eigenvalue weighted by atomic mass is 10.1. The Morgan fingerprint density at radius 2 is 2.00 bits per heavy atom. The van der Waals surface area contributed by atoms with E-state index < -0.39 is 0 Å². The fourth-order valence-corrected chi connectivity index (χ4v) is 3.55. The van der Waals surface area contributed by atoms with Crippen LogP contribution in [0.2, 0.25) is 0 Å². The van der Waals surface area contributed by atoms with Gasteiger partial charge < -0.3 is 14.8 Å². The normalized spacial score (nSPS) is 17.1. The van der Waals surface area contributed by atoms with Gasteiger partial charge in [0, 0.05) is 26.2 Å². The van der Waals surface area contributed by atoms with E-state index in [4.69, 9.17) is 9.47 Å². The van der Waals surface area contributed by atoms with Gasteiger partial charge in [-0.1, -0.05) is 36.4 Å². The topological polar surface area (TPSA) is 50.8 Å². The van der Waals surface area contributed by atoms with E-state index in [1.807, 2.05) is 19.1 Å². The molecule has 1 aliphatic heterocycles. The average Bonchev–Trinajstić information content (AvgIpc) is 2.70. The van der Waals surface area contributed by atoms with E-state index in [1.54, 1.807) is 0 Å². The summed E-state index contributed by atoms with van der Waals surface area (Å²) in [6.07, 6.45) is 0.635. The van der Waals surface area contributed by atoms with Crippen molar-refractivity contribution in [2.24, 2.45) is 0 Å². The lowest BCUT2D eigenvalue weighted by molar-refractivity contribution is -0.121. The minimum atomic E-state index is 0.00251. The molecule has 1 aliphatic rings. The molecule has 1 N–H and O–H groups in total. The van der Waals surface area contributed by atoms with E-state index in [0.29, 0.717) is 19.6 Å². The van der Waals surface area contributed by atoms with E-state index >= 15 is 0 Å². The smallest absolute Gasteiger partial charge is 0.223 e. The Morgan fingerprint density at radius 1 is 1.21 bits per heavy atom. The van der Waals surface area contributed by atoms with Crippen LogP contribution in [0.25, 0.3) is 0 Å². The maximum atomic E-state index is 12.2. The highest BCUT2D eigenvalue weighted by Gasteiger charge is 2.16. The summed E-state index contributed by atoms with van der Waals surface area (Å²) >= 11 is 0. The van der Waals surface area contributed by atoms with Crippen LogP contribution in [0.1, 0.15) is 35.6 Å². The summed E-state index contributed by atoms with van der Waals surface area (Å²) < 4.78 is 11.4. The fraction of sp³-hybridized carbons (Fsp3) is 0.458. The number of carbonyl (C=O) groups excluding carboxylic acids is 1.